The molecule has 112 valence electrons. The lowest BCUT2D eigenvalue weighted by Crippen LogP contribution is -2.51. The monoisotopic (exact) mass is 270 g/mol. The van der Waals surface area contributed by atoms with Crippen LogP contribution in [0.25, 0.3) is 0 Å². The van der Waals surface area contributed by atoms with Gasteiger partial charge >= 0.3 is 0 Å². The Morgan fingerprint density at radius 1 is 1.16 bits per heavy atom. The molecule has 0 atom stereocenters. The van der Waals surface area contributed by atoms with Crippen LogP contribution in [0.1, 0.15) is 54.4 Å². The predicted octanol–water partition coefficient (Wildman–Crippen LogP) is 2.18. The van der Waals surface area contributed by atoms with E-state index in [0.717, 1.165) is 25.9 Å². The molecule has 1 aliphatic heterocycles. The van der Waals surface area contributed by atoms with Crippen molar-refractivity contribution in [3.8, 4) is 0 Å². The Labute approximate surface area is 117 Å². The molecule has 4 nitrogen and oxygen atoms in total. The van der Waals surface area contributed by atoms with Crippen LogP contribution in [0.2, 0.25) is 0 Å². The maximum Gasteiger partial charge on any atom is 0.246 e. The summed E-state index contributed by atoms with van der Waals surface area (Å²) < 4.78 is 5.49. The summed E-state index contributed by atoms with van der Waals surface area (Å²) in [4.78, 5) is 14.3. The molecule has 1 N–H and O–H groups in total. The Balaban J connectivity index is 2.28. The van der Waals surface area contributed by atoms with Crippen molar-refractivity contribution in [2.24, 2.45) is 0 Å². The van der Waals surface area contributed by atoms with Crippen molar-refractivity contribution in [3.05, 3.63) is 0 Å². The average molecular weight is 270 g/mol. The van der Waals surface area contributed by atoms with Gasteiger partial charge in [0.15, 0.2) is 0 Å². The molecule has 1 aliphatic rings. The molecule has 0 aliphatic carbocycles. The van der Waals surface area contributed by atoms with E-state index >= 15 is 0 Å². The van der Waals surface area contributed by atoms with Gasteiger partial charge in [-0.2, -0.15) is 0 Å². The van der Waals surface area contributed by atoms with Gasteiger partial charge in [0.1, 0.15) is 6.61 Å². The highest BCUT2D eigenvalue weighted by Crippen LogP contribution is 2.20. The third kappa shape index (κ3) is 6.39. The highest BCUT2D eigenvalue weighted by atomic mass is 16.5. The van der Waals surface area contributed by atoms with E-state index in [4.69, 9.17) is 4.74 Å². The van der Waals surface area contributed by atoms with E-state index in [1.807, 2.05) is 20.8 Å². The van der Waals surface area contributed by atoms with Crippen LogP contribution in [0, 0.1) is 0 Å². The largest absolute Gasteiger partial charge is 0.366 e. The standard InChI is InChI=1S/C15H30N2O2/c1-14(2,3)17-9-7-12(8-10-17)16-13(18)11-19-15(4,5)6/h12H,7-11H2,1-6H3,(H,16,18). The summed E-state index contributed by atoms with van der Waals surface area (Å²) in [6.45, 7) is 14.9. The van der Waals surface area contributed by atoms with Crippen LogP contribution in [-0.2, 0) is 9.53 Å². The van der Waals surface area contributed by atoms with Gasteiger partial charge in [0.25, 0.3) is 0 Å². The van der Waals surface area contributed by atoms with Gasteiger partial charge in [-0.25, -0.2) is 0 Å². The minimum absolute atomic E-state index is 0.00383. The zero-order valence-corrected chi connectivity index (χ0v) is 13.4. The molecule has 0 aromatic rings. The molecule has 1 heterocycles. The summed E-state index contributed by atoms with van der Waals surface area (Å²) in [7, 11) is 0. The van der Waals surface area contributed by atoms with Crippen molar-refractivity contribution < 1.29 is 9.53 Å². The van der Waals surface area contributed by atoms with Gasteiger partial charge in [-0.05, 0) is 54.4 Å². The molecule has 1 rings (SSSR count). The van der Waals surface area contributed by atoms with Gasteiger partial charge in [0.2, 0.25) is 5.91 Å². The predicted molar refractivity (Wildman–Crippen MR) is 78.2 cm³/mol. The zero-order valence-electron chi connectivity index (χ0n) is 13.4. The number of likely N-dealkylation sites (tertiary alicyclic amines) is 1. The Morgan fingerprint density at radius 2 is 1.68 bits per heavy atom. The molecule has 4 heteroatoms. The molecule has 0 unspecified atom stereocenters. The van der Waals surface area contributed by atoms with Crippen LogP contribution in [-0.4, -0.2) is 47.7 Å². The normalized spacial score (nSPS) is 19.5. The lowest BCUT2D eigenvalue weighted by Gasteiger charge is -2.41. The second kappa shape index (κ2) is 6.23. The fourth-order valence-electron chi connectivity index (χ4n) is 2.25. The Morgan fingerprint density at radius 3 is 2.11 bits per heavy atom. The van der Waals surface area contributed by atoms with E-state index in [9.17, 15) is 4.79 Å². The highest BCUT2D eigenvalue weighted by molar-refractivity contribution is 5.77. The number of piperidine rings is 1. The first-order chi connectivity index (χ1) is 8.58. The van der Waals surface area contributed by atoms with Crippen LogP contribution in [0.4, 0.5) is 0 Å². The summed E-state index contributed by atoms with van der Waals surface area (Å²) >= 11 is 0. The molecule has 1 saturated heterocycles. The Hall–Kier alpha value is -0.610. The number of nitrogens with zero attached hydrogens (tertiary/aromatic N) is 1. The van der Waals surface area contributed by atoms with Gasteiger partial charge in [-0.15, -0.1) is 0 Å². The lowest BCUT2D eigenvalue weighted by atomic mass is 9.98. The molecule has 0 aromatic heterocycles. The second-order valence-electron chi connectivity index (χ2n) is 7.40. The van der Waals surface area contributed by atoms with Crippen molar-refractivity contribution in [1.82, 2.24) is 10.2 Å². The number of amides is 1. The third-order valence-corrected chi connectivity index (χ3v) is 3.45. The quantitative estimate of drug-likeness (QED) is 0.854. The summed E-state index contributed by atoms with van der Waals surface area (Å²) in [5.41, 5.74) is -0.0305. The maximum absolute atomic E-state index is 11.8. The fourth-order valence-corrected chi connectivity index (χ4v) is 2.25. The van der Waals surface area contributed by atoms with Crippen LogP contribution in [0.3, 0.4) is 0 Å². The molecule has 1 fully saturated rings. The van der Waals surface area contributed by atoms with Crippen LogP contribution in [0.15, 0.2) is 0 Å². The third-order valence-electron chi connectivity index (χ3n) is 3.45. The van der Waals surface area contributed by atoms with E-state index in [2.05, 4.69) is 31.0 Å². The molecule has 19 heavy (non-hydrogen) atoms. The van der Waals surface area contributed by atoms with Crippen molar-refractivity contribution in [2.45, 2.75) is 71.6 Å². The minimum Gasteiger partial charge on any atom is -0.366 e. The van der Waals surface area contributed by atoms with Gasteiger partial charge in [0, 0.05) is 24.7 Å². The minimum atomic E-state index is -0.257. The summed E-state index contributed by atoms with van der Waals surface area (Å²) in [6.07, 6.45) is 2.05. The summed E-state index contributed by atoms with van der Waals surface area (Å²) in [5, 5.41) is 3.07. The summed E-state index contributed by atoms with van der Waals surface area (Å²) in [6, 6.07) is 0.301. The topological polar surface area (TPSA) is 41.6 Å². The highest BCUT2D eigenvalue weighted by Gasteiger charge is 2.27. The number of ether oxygens (including phenoxy) is 1. The van der Waals surface area contributed by atoms with Crippen molar-refractivity contribution >= 4 is 5.91 Å². The first-order valence-electron chi connectivity index (χ1n) is 7.26. The first-order valence-corrected chi connectivity index (χ1v) is 7.26. The number of nitrogens with one attached hydrogen (secondary N) is 1. The number of carbonyl (C=O) groups is 1. The molecular weight excluding hydrogens is 240 g/mol. The first kappa shape index (κ1) is 16.4. The van der Waals surface area contributed by atoms with Gasteiger partial charge in [0.05, 0.1) is 5.60 Å². The molecule has 0 aromatic carbocycles. The van der Waals surface area contributed by atoms with Crippen molar-refractivity contribution in [3.63, 3.8) is 0 Å². The van der Waals surface area contributed by atoms with Crippen LogP contribution >= 0.6 is 0 Å². The van der Waals surface area contributed by atoms with Crippen LogP contribution in [0.5, 0.6) is 0 Å². The summed E-state index contributed by atoms with van der Waals surface area (Å²) in [5.74, 6) is 0.00383. The molecule has 0 radical (unpaired) electrons. The van der Waals surface area contributed by atoms with Crippen LogP contribution < -0.4 is 5.32 Å². The van der Waals surface area contributed by atoms with E-state index in [1.54, 1.807) is 0 Å². The number of carbonyl (C=O) groups excluding carboxylic acids is 1. The van der Waals surface area contributed by atoms with Crippen molar-refractivity contribution in [1.29, 1.82) is 0 Å². The van der Waals surface area contributed by atoms with E-state index < -0.39 is 0 Å². The van der Waals surface area contributed by atoms with E-state index in [1.165, 1.54) is 0 Å². The van der Waals surface area contributed by atoms with E-state index in [0.29, 0.717) is 6.04 Å². The Kier molecular flexibility index (Phi) is 5.39. The number of hydrogen-bond acceptors (Lipinski definition) is 3. The number of hydrogen-bond donors (Lipinski definition) is 1. The van der Waals surface area contributed by atoms with Crippen molar-refractivity contribution in [2.75, 3.05) is 19.7 Å². The number of rotatable bonds is 3. The lowest BCUT2D eigenvalue weighted by molar-refractivity contribution is -0.131. The van der Waals surface area contributed by atoms with Gasteiger partial charge in [-0.3, -0.25) is 9.69 Å². The zero-order chi connectivity index (χ0) is 14.7. The maximum atomic E-state index is 11.8. The molecule has 0 saturated carbocycles. The van der Waals surface area contributed by atoms with Gasteiger partial charge in [-0.1, -0.05) is 0 Å². The second-order valence-corrected chi connectivity index (χ2v) is 7.40. The molecule has 0 spiro atoms. The SMILES string of the molecule is CC(C)(C)OCC(=O)NC1CCN(C(C)(C)C)CC1. The average Bonchev–Trinajstić information content (AvgIpc) is 2.25. The Bertz CT molecular complexity index is 294. The molecular formula is C15H30N2O2. The van der Waals surface area contributed by atoms with E-state index in [-0.39, 0.29) is 23.7 Å². The molecule has 0 bridgehead atoms. The smallest absolute Gasteiger partial charge is 0.246 e. The van der Waals surface area contributed by atoms with Gasteiger partial charge < -0.3 is 10.1 Å². The fraction of sp³-hybridized carbons (Fsp3) is 0.933. The molecule has 1 amide bonds.